The lowest BCUT2D eigenvalue weighted by Gasteiger charge is -2.32. The zero-order valence-electron chi connectivity index (χ0n) is 14.2. The van der Waals surface area contributed by atoms with Crippen LogP contribution in [0.3, 0.4) is 0 Å². The zero-order chi connectivity index (χ0) is 17.3. The average molecular weight is 328 g/mol. The summed E-state index contributed by atoms with van der Waals surface area (Å²) in [5.74, 6) is 0.620. The highest BCUT2D eigenvalue weighted by Crippen LogP contribution is 2.50. The van der Waals surface area contributed by atoms with Gasteiger partial charge in [-0.2, -0.15) is 0 Å². The lowest BCUT2D eigenvalue weighted by Crippen LogP contribution is -2.29. The molecule has 5 heteroatoms. The molecule has 2 aromatic rings. The first kappa shape index (κ1) is 15.3. The van der Waals surface area contributed by atoms with Crippen LogP contribution < -0.4 is 10.4 Å². The van der Waals surface area contributed by atoms with Gasteiger partial charge in [0.25, 0.3) is 0 Å². The highest BCUT2D eigenvalue weighted by atomic mass is 16.6. The maximum Gasteiger partial charge on any atom is 0.336 e. The fourth-order valence-corrected chi connectivity index (χ4v) is 3.35. The fraction of sp³-hybridized carbons (Fsp3) is 0.421. The molecule has 0 saturated carbocycles. The van der Waals surface area contributed by atoms with Crippen molar-refractivity contribution in [1.82, 2.24) is 0 Å². The van der Waals surface area contributed by atoms with Crippen molar-refractivity contribution >= 4 is 17.0 Å². The van der Waals surface area contributed by atoms with Crippen molar-refractivity contribution in [2.24, 2.45) is 0 Å². The molecular formula is C19H20O5. The van der Waals surface area contributed by atoms with Crippen LogP contribution in [-0.2, 0) is 10.2 Å². The Morgan fingerprint density at radius 2 is 2.00 bits per heavy atom. The summed E-state index contributed by atoms with van der Waals surface area (Å²) >= 11 is 0. The smallest absolute Gasteiger partial charge is 0.336 e. The van der Waals surface area contributed by atoms with Gasteiger partial charge in [0.2, 0.25) is 0 Å². The summed E-state index contributed by atoms with van der Waals surface area (Å²) in [6.45, 7) is 8.46. The molecule has 5 nitrogen and oxygen atoms in total. The second-order valence-corrected chi connectivity index (χ2v) is 7.55. The number of aromatic hydroxyl groups is 1. The SMILES string of the molecule is CC1(C)C=Cc2c(O)c(C(C)(C)C3CO3)c3oc(=O)ccc3c2O1. The quantitative estimate of drug-likeness (QED) is 0.676. The summed E-state index contributed by atoms with van der Waals surface area (Å²) in [5.41, 5.74) is 0.115. The van der Waals surface area contributed by atoms with Crippen molar-refractivity contribution < 1.29 is 19.0 Å². The number of ether oxygens (including phenoxy) is 2. The van der Waals surface area contributed by atoms with E-state index in [4.69, 9.17) is 13.9 Å². The third-order valence-corrected chi connectivity index (χ3v) is 4.84. The first-order valence-corrected chi connectivity index (χ1v) is 8.04. The lowest BCUT2D eigenvalue weighted by molar-refractivity contribution is 0.160. The van der Waals surface area contributed by atoms with Crippen molar-refractivity contribution in [1.29, 1.82) is 0 Å². The Kier molecular flexibility index (Phi) is 2.95. The van der Waals surface area contributed by atoms with Gasteiger partial charge in [-0.1, -0.05) is 13.8 Å². The Morgan fingerprint density at radius 3 is 2.67 bits per heavy atom. The van der Waals surface area contributed by atoms with Gasteiger partial charge in [0, 0.05) is 17.0 Å². The van der Waals surface area contributed by atoms with Gasteiger partial charge in [0.1, 0.15) is 22.7 Å². The molecule has 2 aliphatic heterocycles. The third kappa shape index (κ3) is 2.15. The van der Waals surface area contributed by atoms with E-state index in [0.717, 1.165) is 0 Å². The van der Waals surface area contributed by atoms with E-state index >= 15 is 0 Å². The lowest BCUT2D eigenvalue weighted by atomic mass is 9.78. The van der Waals surface area contributed by atoms with Gasteiger partial charge in [-0.3, -0.25) is 0 Å². The minimum Gasteiger partial charge on any atom is -0.507 e. The van der Waals surface area contributed by atoms with E-state index in [1.807, 2.05) is 39.8 Å². The number of hydrogen-bond acceptors (Lipinski definition) is 5. The minimum absolute atomic E-state index is 0.0138. The van der Waals surface area contributed by atoms with Crippen LogP contribution in [-0.4, -0.2) is 23.4 Å². The molecule has 0 amide bonds. The predicted octanol–water partition coefficient (Wildman–Crippen LogP) is 3.36. The Balaban J connectivity index is 2.12. The summed E-state index contributed by atoms with van der Waals surface area (Å²) in [7, 11) is 0. The van der Waals surface area contributed by atoms with Crippen LogP contribution in [0.5, 0.6) is 11.5 Å². The molecule has 0 spiro atoms. The molecule has 24 heavy (non-hydrogen) atoms. The molecule has 1 atom stereocenters. The van der Waals surface area contributed by atoms with Crippen molar-refractivity contribution in [3.8, 4) is 11.5 Å². The number of fused-ring (bicyclic) bond motifs is 3. The number of rotatable bonds is 2. The number of phenolic OH excluding ortho intramolecular Hbond substituents is 1. The highest BCUT2D eigenvalue weighted by Gasteiger charge is 2.45. The van der Waals surface area contributed by atoms with Gasteiger partial charge in [0.05, 0.1) is 23.7 Å². The molecule has 0 aliphatic carbocycles. The van der Waals surface area contributed by atoms with E-state index in [1.54, 1.807) is 6.07 Å². The third-order valence-electron chi connectivity index (χ3n) is 4.84. The van der Waals surface area contributed by atoms with Crippen molar-refractivity contribution in [2.75, 3.05) is 6.61 Å². The number of benzene rings is 1. The van der Waals surface area contributed by atoms with Gasteiger partial charge in [0.15, 0.2) is 0 Å². The van der Waals surface area contributed by atoms with Gasteiger partial charge in [-0.25, -0.2) is 4.79 Å². The van der Waals surface area contributed by atoms with E-state index in [2.05, 4.69) is 0 Å². The average Bonchev–Trinajstić information content (AvgIpc) is 3.30. The Hall–Kier alpha value is -2.27. The standard InChI is InChI=1S/C19H20O5/c1-18(2)8-7-10-15(21)14(19(3,4)12-9-22-12)17-11(16(10)24-18)5-6-13(20)23-17/h5-8,12,21H,9H2,1-4H3. The molecule has 1 unspecified atom stereocenters. The van der Waals surface area contributed by atoms with Crippen LogP contribution in [0.4, 0.5) is 0 Å². The molecule has 1 saturated heterocycles. The topological polar surface area (TPSA) is 72.2 Å². The maximum atomic E-state index is 11.8. The van der Waals surface area contributed by atoms with E-state index < -0.39 is 16.6 Å². The van der Waals surface area contributed by atoms with Gasteiger partial charge >= 0.3 is 5.63 Å². The molecule has 3 heterocycles. The van der Waals surface area contributed by atoms with Crippen molar-refractivity contribution in [3.63, 3.8) is 0 Å². The molecular weight excluding hydrogens is 308 g/mol. The minimum atomic E-state index is -0.501. The van der Waals surface area contributed by atoms with Crippen molar-refractivity contribution in [2.45, 2.75) is 44.8 Å². The predicted molar refractivity (Wildman–Crippen MR) is 90.7 cm³/mol. The summed E-state index contributed by atoms with van der Waals surface area (Å²) < 4.78 is 17.0. The molecule has 4 rings (SSSR count). The molecule has 0 bridgehead atoms. The largest absolute Gasteiger partial charge is 0.507 e. The summed E-state index contributed by atoms with van der Waals surface area (Å²) in [6.07, 6.45) is 3.76. The Labute approximate surface area is 139 Å². The van der Waals surface area contributed by atoms with Gasteiger partial charge < -0.3 is 19.0 Å². The van der Waals surface area contributed by atoms with Crippen LogP contribution in [0.25, 0.3) is 17.0 Å². The maximum absolute atomic E-state index is 11.8. The second kappa shape index (κ2) is 4.63. The summed E-state index contributed by atoms with van der Waals surface area (Å²) in [6, 6.07) is 3.07. The molecule has 1 aromatic heterocycles. The van der Waals surface area contributed by atoms with Crippen LogP contribution >= 0.6 is 0 Å². The first-order chi connectivity index (χ1) is 11.2. The monoisotopic (exact) mass is 328 g/mol. The molecule has 126 valence electrons. The van der Waals surface area contributed by atoms with Gasteiger partial charge in [-0.05, 0) is 32.1 Å². The normalized spacial score (nSPS) is 21.4. The summed E-state index contributed by atoms with van der Waals surface area (Å²) in [4.78, 5) is 11.8. The van der Waals surface area contributed by atoms with Crippen LogP contribution in [0, 0.1) is 0 Å². The van der Waals surface area contributed by atoms with Gasteiger partial charge in [-0.15, -0.1) is 0 Å². The number of epoxide rings is 1. The number of hydrogen-bond donors (Lipinski definition) is 1. The zero-order valence-corrected chi connectivity index (χ0v) is 14.2. The first-order valence-electron chi connectivity index (χ1n) is 8.04. The van der Waals surface area contributed by atoms with Crippen molar-refractivity contribution in [3.05, 3.63) is 39.8 Å². The second-order valence-electron chi connectivity index (χ2n) is 7.55. The summed E-state index contributed by atoms with van der Waals surface area (Å²) in [5, 5.41) is 11.6. The molecule has 0 radical (unpaired) electrons. The van der Waals surface area contributed by atoms with E-state index in [9.17, 15) is 9.90 Å². The van der Waals surface area contributed by atoms with E-state index in [-0.39, 0.29) is 11.9 Å². The van der Waals surface area contributed by atoms with E-state index in [1.165, 1.54) is 6.07 Å². The fourth-order valence-electron chi connectivity index (χ4n) is 3.35. The van der Waals surface area contributed by atoms with Crippen LogP contribution in [0.15, 0.2) is 27.4 Å². The Bertz CT molecular complexity index is 929. The van der Waals surface area contributed by atoms with Crippen LogP contribution in [0.2, 0.25) is 0 Å². The molecule has 1 aromatic carbocycles. The highest BCUT2D eigenvalue weighted by molar-refractivity contribution is 5.95. The molecule has 1 N–H and O–H groups in total. The van der Waals surface area contributed by atoms with Crippen LogP contribution in [0.1, 0.15) is 38.8 Å². The Morgan fingerprint density at radius 1 is 1.29 bits per heavy atom. The van der Waals surface area contributed by atoms with E-state index in [0.29, 0.717) is 34.5 Å². The molecule has 2 aliphatic rings. The molecule has 1 fully saturated rings. The number of phenols is 1.